The summed E-state index contributed by atoms with van der Waals surface area (Å²) in [4.78, 5) is 38.1. The molecule has 1 saturated carbocycles. The summed E-state index contributed by atoms with van der Waals surface area (Å²) in [5.41, 5.74) is 3.66. The zero-order chi connectivity index (χ0) is 36.3. The number of para-hydroxylation sites is 1. The fourth-order valence-electron chi connectivity index (χ4n) is 5.62. The second-order valence-electron chi connectivity index (χ2n) is 13.3. The van der Waals surface area contributed by atoms with Gasteiger partial charge in [-0.3, -0.25) is 4.79 Å². The Labute approximate surface area is 286 Å². The van der Waals surface area contributed by atoms with Crippen LogP contribution in [0, 0.1) is 5.92 Å². The fourth-order valence-corrected chi connectivity index (χ4v) is 5.62. The van der Waals surface area contributed by atoms with Gasteiger partial charge < -0.3 is 30.9 Å². The normalized spacial score (nSPS) is 14.4. The number of hydrogen-bond donors (Lipinski definition) is 4. The van der Waals surface area contributed by atoms with E-state index in [2.05, 4.69) is 15.7 Å². The molecule has 264 valence electrons. The Morgan fingerprint density at radius 1 is 0.960 bits per heavy atom. The van der Waals surface area contributed by atoms with Crippen LogP contribution >= 0.6 is 0 Å². The predicted octanol–water partition coefficient (Wildman–Crippen LogP) is 7.21. The van der Waals surface area contributed by atoms with E-state index >= 15 is 0 Å². The molecule has 1 aliphatic carbocycles. The summed E-state index contributed by atoms with van der Waals surface area (Å²) in [6, 6.07) is 19.9. The minimum Gasteiger partial charge on any atom is -0.508 e. The van der Waals surface area contributed by atoms with E-state index in [0.717, 1.165) is 17.5 Å². The Kier molecular flexibility index (Phi) is 10.1. The van der Waals surface area contributed by atoms with Crippen molar-refractivity contribution in [3.8, 4) is 11.4 Å². The van der Waals surface area contributed by atoms with E-state index in [1.807, 2.05) is 0 Å². The van der Waals surface area contributed by atoms with Gasteiger partial charge in [0.2, 0.25) is 0 Å². The lowest BCUT2D eigenvalue weighted by atomic mass is 9.82. The molecule has 50 heavy (non-hydrogen) atoms. The fraction of sp³-hybridized carbons (Fsp3) is 0.333. The van der Waals surface area contributed by atoms with Crippen molar-refractivity contribution in [3.05, 3.63) is 107 Å². The highest BCUT2D eigenvalue weighted by Crippen LogP contribution is 2.46. The summed E-state index contributed by atoms with van der Waals surface area (Å²) in [6.45, 7) is 5.13. The van der Waals surface area contributed by atoms with Gasteiger partial charge in [0.25, 0.3) is 5.91 Å². The largest absolute Gasteiger partial charge is 0.508 e. The van der Waals surface area contributed by atoms with Crippen LogP contribution in [0.4, 0.5) is 28.4 Å². The first-order chi connectivity index (χ1) is 23.5. The van der Waals surface area contributed by atoms with E-state index in [9.17, 15) is 32.7 Å². The highest BCUT2D eigenvalue weighted by atomic mass is 19.4. The smallest absolute Gasteiger partial charge is 0.435 e. The van der Waals surface area contributed by atoms with Crippen molar-refractivity contribution in [1.29, 1.82) is 0 Å². The zero-order valence-corrected chi connectivity index (χ0v) is 27.7. The van der Waals surface area contributed by atoms with E-state index in [1.165, 1.54) is 18.2 Å². The number of amides is 3. The quantitative estimate of drug-likeness (QED) is 0.129. The molecule has 1 atom stereocenters. The van der Waals surface area contributed by atoms with Gasteiger partial charge in [0, 0.05) is 24.7 Å². The molecule has 0 radical (unpaired) electrons. The Bertz CT molecular complexity index is 1880. The average Bonchev–Trinajstić information content (AvgIpc) is 3.71. The molecule has 11 nitrogen and oxygen atoms in total. The van der Waals surface area contributed by atoms with Crippen LogP contribution in [-0.4, -0.2) is 38.6 Å². The molecule has 1 fully saturated rings. The third-order valence-corrected chi connectivity index (χ3v) is 7.95. The summed E-state index contributed by atoms with van der Waals surface area (Å²) in [5, 5.41) is 19.5. The van der Waals surface area contributed by atoms with Crippen molar-refractivity contribution in [2.75, 3.05) is 5.32 Å². The van der Waals surface area contributed by atoms with E-state index < -0.39 is 46.9 Å². The molecule has 0 bridgehead atoms. The molecule has 1 heterocycles. The van der Waals surface area contributed by atoms with Gasteiger partial charge >= 0.3 is 18.4 Å². The Morgan fingerprint density at radius 2 is 1.68 bits per heavy atom. The van der Waals surface area contributed by atoms with Gasteiger partial charge in [0.05, 0.1) is 5.69 Å². The first-order valence-corrected chi connectivity index (χ1v) is 15.9. The predicted molar refractivity (Wildman–Crippen MR) is 178 cm³/mol. The number of nitrogens with one attached hydrogen (secondary N) is 2. The van der Waals surface area contributed by atoms with Crippen LogP contribution in [0.15, 0.2) is 78.9 Å². The zero-order valence-electron chi connectivity index (χ0n) is 27.7. The van der Waals surface area contributed by atoms with Crippen molar-refractivity contribution in [1.82, 2.24) is 15.1 Å². The van der Waals surface area contributed by atoms with Crippen molar-refractivity contribution in [2.45, 2.75) is 70.4 Å². The second kappa shape index (κ2) is 14.1. The van der Waals surface area contributed by atoms with Gasteiger partial charge in [-0.25, -0.2) is 14.3 Å². The molecule has 1 unspecified atom stereocenters. The topological polar surface area (TPSA) is 158 Å². The Hall–Kier alpha value is -5.53. The van der Waals surface area contributed by atoms with Crippen LogP contribution in [0.25, 0.3) is 5.69 Å². The number of aromatic hydroxyl groups is 1. The summed E-state index contributed by atoms with van der Waals surface area (Å²) < 4.78 is 53.6. The molecule has 4 aromatic rings. The number of phenols is 1. The summed E-state index contributed by atoms with van der Waals surface area (Å²) in [6.07, 6.45) is -4.27. The van der Waals surface area contributed by atoms with E-state index in [-0.39, 0.29) is 36.0 Å². The first kappa shape index (κ1) is 35.8. The number of primary amides is 1. The number of alkyl halides is 3. The van der Waals surface area contributed by atoms with Gasteiger partial charge in [-0.2, -0.15) is 18.3 Å². The number of carbonyl (C=O) groups excluding carboxylic acids is 3. The molecule has 0 aliphatic heterocycles. The number of aromatic nitrogens is 2. The lowest BCUT2D eigenvalue weighted by Gasteiger charge is -2.34. The summed E-state index contributed by atoms with van der Waals surface area (Å²) in [5.74, 6) is -0.668. The monoisotopic (exact) mass is 693 g/mol. The minimum absolute atomic E-state index is 0.00120. The minimum atomic E-state index is -4.85. The number of carbonyl (C=O) groups is 3. The van der Waals surface area contributed by atoms with Crippen LogP contribution in [0.2, 0.25) is 0 Å². The average molecular weight is 694 g/mol. The molecule has 1 aliphatic rings. The standard InChI is InChI=1S/C36H38F3N5O6/c1-34(2,3)50-33(48)41-21-23-8-6-12-27(16-23)44-28(18-30(43-44)36(37,38)39)31(46)42-26-11-7-10-25(17-26)35(49-32(40)47,19-22-14-15-22)20-24-9-4-5-13-29(24)45/h4-13,16-18,22,45H,14-15,19-21H2,1-3H3,(H2,40,47)(H,41,48)(H,42,46). The third-order valence-electron chi connectivity index (χ3n) is 7.95. The number of hydrogen-bond acceptors (Lipinski definition) is 7. The SMILES string of the molecule is CC(C)(C)OC(=O)NCc1cccc(-n2nc(C(F)(F)F)cc2C(=O)Nc2cccc(C(Cc3ccccc3O)(CC3CC3)OC(N)=O)c2)c1. The van der Waals surface area contributed by atoms with Crippen LogP contribution in [-0.2, 0) is 34.2 Å². The Morgan fingerprint density at radius 3 is 2.34 bits per heavy atom. The molecule has 3 amide bonds. The number of anilines is 1. The number of halogens is 3. The van der Waals surface area contributed by atoms with Gasteiger partial charge in [-0.1, -0.05) is 55.3 Å². The van der Waals surface area contributed by atoms with Crippen molar-refractivity contribution in [2.24, 2.45) is 11.7 Å². The molecule has 0 saturated heterocycles. The van der Waals surface area contributed by atoms with Gasteiger partial charge in [0.15, 0.2) is 5.69 Å². The molecule has 1 aromatic heterocycles. The maximum absolute atomic E-state index is 13.9. The molecular weight excluding hydrogens is 655 g/mol. The van der Waals surface area contributed by atoms with Gasteiger partial charge in [-0.15, -0.1) is 0 Å². The maximum Gasteiger partial charge on any atom is 0.435 e. The van der Waals surface area contributed by atoms with E-state index in [0.29, 0.717) is 29.2 Å². The lowest BCUT2D eigenvalue weighted by Crippen LogP contribution is -2.37. The first-order valence-electron chi connectivity index (χ1n) is 15.9. The number of alkyl carbamates (subject to hydrolysis) is 1. The van der Waals surface area contributed by atoms with Crippen molar-refractivity contribution in [3.63, 3.8) is 0 Å². The van der Waals surface area contributed by atoms with Gasteiger partial charge in [0.1, 0.15) is 22.6 Å². The number of ether oxygens (including phenoxy) is 2. The molecule has 5 N–H and O–H groups in total. The van der Waals surface area contributed by atoms with E-state index in [1.54, 1.807) is 75.4 Å². The number of phenolic OH excluding ortho intramolecular Hbond substituents is 1. The second-order valence-corrected chi connectivity index (χ2v) is 13.3. The summed E-state index contributed by atoms with van der Waals surface area (Å²) in [7, 11) is 0. The van der Waals surface area contributed by atoms with Crippen LogP contribution in [0.5, 0.6) is 5.75 Å². The molecule has 5 rings (SSSR count). The number of nitrogens with two attached hydrogens (primary N) is 1. The molecule has 0 spiro atoms. The lowest BCUT2D eigenvalue weighted by molar-refractivity contribution is -0.141. The number of nitrogens with zero attached hydrogens (tertiary/aromatic N) is 2. The highest BCUT2D eigenvalue weighted by molar-refractivity contribution is 6.03. The van der Waals surface area contributed by atoms with Gasteiger partial charge in [-0.05, 0) is 80.1 Å². The van der Waals surface area contributed by atoms with Crippen LogP contribution < -0.4 is 16.4 Å². The maximum atomic E-state index is 13.9. The van der Waals surface area contributed by atoms with E-state index in [4.69, 9.17) is 15.2 Å². The molecule has 3 aromatic carbocycles. The summed E-state index contributed by atoms with van der Waals surface area (Å²) >= 11 is 0. The van der Waals surface area contributed by atoms with Crippen molar-refractivity contribution < 1.29 is 42.1 Å². The van der Waals surface area contributed by atoms with Crippen molar-refractivity contribution >= 4 is 23.8 Å². The third kappa shape index (κ3) is 9.12. The number of benzene rings is 3. The van der Waals surface area contributed by atoms with Crippen LogP contribution in [0.1, 0.15) is 72.9 Å². The number of rotatable bonds is 11. The van der Waals surface area contributed by atoms with Crippen LogP contribution in [0.3, 0.4) is 0 Å². The molecular formula is C36H38F3N5O6. The highest BCUT2D eigenvalue weighted by Gasteiger charge is 2.42. The molecule has 14 heteroatoms. The Balaban J connectivity index is 1.46.